The molecule has 100 valence electrons. The maximum absolute atomic E-state index is 6.29. The molecule has 2 aromatic rings. The molecule has 1 aromatic carbocycles. The molecule has 2 nitrogen and oxygen atoms in total. The third-order valence-corrected chi connectivity index (χ3v) is 3.55. The highest BCUT2D eigenvalue weighted by Gasteiger charge is 2.10. The second-order valence-electron chi connectivity index (χ2n) is 5.40. The summed E-state index contributed by atoms with van der Waals surface area (Å²) in [6.45, 7) is 6.49. The van der Waals surface area contributed by atoms with Gasteiger partial charge in [-0.15, -0.1) is 0 Å². The molecule has 1 heterocycles. The predicted molar refractivity (Wildman–Crippen MR) is 80.3 cm³/mol. The molecule has 2 N–H and O–H groups in total. The Bertz CT molecular complexity index is 523. The second kappa shape index (κ2) is 5.98. The van der Waals surface area contributed by atoms with Gasteiger partial charge in [-0.05, 0) is 68.0 Å². The number of aromatic nitrogens is 1. The average Bonchev–Trinajstić information content (AvgIpc) is 2.35. The number of nitrogens with zero attached hydrogens (tertiary/aromatic N) is 1. The van der Waals surface area contributed by atoms with Gasteiger partial charge in [0.15, 0.2) is 0 Å². The molecule has 0 fully saturated rings. The van der Waals surface area contributed by atoms with Crippen LogP contribution in [0.5, 0.6) is 0 Å². The van der Waals surface area contributed by atoms with E-state index >= 15 is 0 Å². The van der Waals surface area contributed by atoms with Gasteiger partial charge in [-0.1, -0.05) is 17.7 Å². The maximum atomic E-state index is 6.29. The molecular weight excluding hydrogens is 232 g/mol. The lowest BCUT2D eigenvalue weighted by Gasteiger charge is -2.16. The molecule has 0 saturated carbocycles. The molecular formula is C17H22N2. The molecule has 0 spiro atoms. The van der Waals surface area contributed by atoms with E-state index in [9.17, 15) is 0 Å². The first-order valence-corrected chi connectivity index (χ1v) is 6.77. The van der Waals surface area contributed by atoms with Crippen LogP contribution in [0.2, 0.25) is 0 Å². The van der Waals surface area contributed by atoms with Crippen molar-refractivity contribution in [1.82, 2.24) is 4.98 Å². The summed E-state index contributed by atoms with van der Waals surface area (Å²) in [5.41, 5.74) is 13.0. The van der Waals surface area contributed by atoms with Gasteiger partial charge in [-0.2, -0.15) is 0 Å². The highest BCUT2D eigenvalue weighted by Crippen LogP contribution is 2.18. The van der Waals surface area contributed by atoms with E-state index in [0.29, 0.717) is 0 Å². The Labute approximate surface area is 115 Å². The van der Waals surface area contributed by atoms with Crippen LogP contribution in [0.4, 0.5) is 0 Å². The predicted octanol–water partition coefficient (Wildman–Crippen LogP) is 3.12. The van der Waals surface area contributed by atoms with Gasteiger partial charge >= 0.3 is 0 Å². The third kappa shape index (κ3) is 3.65. The Morgan fingerprint density at radius 3 is 2.16 bits per heavy atom. The molecule has 2 heteroatoms. The molecule has 0 saturated heterocycles. The Morgan fingerprint density at radius 2 is 1.58 bits per heavy atom. The van der Waals surface area contributed by atoms with E-state index in [1.165, 1.54) is 27.8 Å². The molecule has 1 unspecified atom stereocenters. The minimum absolute atomic E-state index is 0.155. The summed E-state index contributed by atoms with van der Waals surface area (Å²) in [6.07, 6.45) is 5.48. The summed E-state index contributed by atoms with van der Waals surface area (Å²) in [5.74, 6) is 0. The van der Waals surface area contributed by atoms with Crippen molar-refractivity contribution in [3.63, 3.8) is 0 Å². The summed E-state index contributed by atoms with van der Waals surface area (Å²) in [7, 11) is 0. The standard InChI is InChI=1S/C17H22N2/c1-12-8-13(2)17(14(3)9-12)11-16(18)10-15-4-6-19-7-5-15/h4-9,16H,10-11,18H2,1-3H3. The highest BCUT2D eigenvalue weighted by molar-refractivity contribution is 5.38. The van der Waals surface area contributed by atoms with Crippen LogP contribution in [0.1, 0.15) is 27.8 Å². The number of benzene rings is 1. The zero-order valence-corrected chi connectivity index (χ0v) is 12.0. The maximum Gasteiger partial charge on any atom is 0.0270 e. The van der Waals surface area contributed by atoms with E-state index in [4.69, 9.17) is 5.73 Å². The molecule has 1 atom stereocenters. The third-order valence-electron chi connectivity index (χ3n) is 3.55. The fourth-order valence-corrected chi connectivity index (χ4v) is 2.69. The van der Waals surface area contributed by atoms with Gasteiger partial charge in [0, 0.05) is 18.4 Å². The normalized spacial score (nSPS) is 12.4. The molecule has 0 bridgehead atoms. The van der Waals surface area contributed by atoms with Crippen LogP contribution in [0.3, 0.4) is 0 Å². The Balaban J connectivity index is 2.09. The monoisotopic (exact) mass is 254 g/mol. The lowest BCUT2D eigenvalue weighted by molar-refractivity contribution is 0.660. The number of pyridine rings is 1. The summed E-state index contributed by atoms with van der Waals surface area (Å²) in [4.78, 5) is 4.03. The van der Waals surface area contributed by atoms with Crippen LogP contribution in [0, 0.1) is 20.8 Å². The second-order valence-corrected chi connectivity index (χ2v) is 5.40. The number of aryl methyl sites for hydroxylation is 3. The minimum atomic E-state index is 0.155. The lowest BCUT2D eigenvalue weighted by atomic mass is 9.92. The van der Waals surface area contributed by atoms with Crippen molar-refractivity contribution in [2.45, 2.75) is 39.7 Å². The van der Waals surface area contributed by atoms with E-state index in [0.717, 1.165) is 12.8 Å². The highest BCUT2D eigenvalue weighted by atomic mass is 14.6. The lowest BCUT2D eigenvalue weighted by Crippen LogP contribution is -2.26. The van der Waals surface area contributed by atoms with Crippen molar-refractivity contribution >= 4 is 0 Å². The van der Waals surface area contributed by atoms with E-state index < -0.39 is 0 Å². The largest absolute Gasteiger partial charge is 0.327 e. The van der Waals surface area contributed by atoms with E-state index in [2.05, 4.69) is 37.9 Å². The zero-order valence-electron chi connectivity index (χ0n) is 12.0. The van der Waals surface area contributed by atoms with Crippen molar-refractivity contribution in [2.24, 2.45) is 5.73 Å². The summed E-state index contributed by atoms with van der Waals surface area (Å²) in [6, 6.07) is 8.70. The van der Waals surface area contributed by atoms with Crippen LogP contribution in [0.15, 0.2) is 36.7 Å². The Morgan fingerprint density at radius 1 is 1.00 bits per heavy atom. The number of hydrogen-bond acceptors (Lipinski definition) is 2. The van der Waals surface area contributed by atoms with Gasteiger partial charge in [0.05, 0.1) is 0 Å². The Kier molecular flexibility index (Phi) is 4.33. The Hall–Kier alpha value is -1.67. The number of hydrogen-bond donors (Lipinski definition) is 1. The minimum Gasteiger partial charge on any atom is -0.327 e. The van der Waals surface area contributed by atoms with Gasteiger partial charge in [0.2, 0.25) is 0 Å². The quantitative estimate of drug-likeness (QED) is 0.910. The molecule has 2 rings (SSSR count). The molecule has 0 aliphatic carbocycles. The van der Waals surface area contributed by atoms with Crippen molar-refractivity contribution in [2.75, 3.05) is 0 Å². The average molecular weight is 254 g/mol. The van der Waals surface area contributed by atoms with Gasteiger partial charge < -0.3 is 5.73 Å². The molecule has 0 aliphatic rings. The number of rotatable bonds is 4. The van der Waals surface area contributed by atoms with Gasteiger partial charge in [0.1, 0.15) is 0 Å². The van der Waals surface area contributed by atoms with Crippen molar-refractivity contribution in [3.05, 3.63) is 64.5 Å². The van der Waals surface area contributed by atoms with Gasteiger partial charge in [-0.3, -0.25) is 4.98 Å². The molecule has 0 aliphatic heterocycles. The van der Waals surface area contributed by atoms with Crippen LogP contribution >= 0.6 is 0 Å². The van der Waals surface area contributed by atoms with Crippen LogP contribution in [-0.4, -0.2) is 11.0 Å². The van der Waals surface area contributed by atoms with E-state index in [1.807, 2.05) is 24.5 Å². The van der Waals surface area contributed by atoms with Crippen molar-refractivity contribution in [1.29, 1.82) is 0 Å². The zero-order chi connectivity index (χ0) is 13.8. The summed E-state index contributed by atoms with van der Waals surface area (Å²) in [5, 5.41) is 0. The SMILES string of the molecule is Cc1cc(C)c(CC(N)Cc2ccncc2)c(C)c1. The van der Waals surface area contributed by atoms with E-state index in [1.54, 1.807) is 0 Å². The first-order chi connectivity index (χ1) is 9.06. The fraction of sp³-hybridized carbons (Fsp3) is 0.353. The van der Waals surface area contributed by atoms with E-state index in [-0.39, 0.29) is 6.04 Å². The topological polar surface area (TPSA) is 38.9 Å². The first kappa shape index (κ1) is 13.8. The van der Waals surface area contributed by atoms with Gasteiger partial charge in [0.25, 0.3) is 0 Å². The van der Waals surface area contributed by atoms with Crippen molar-refractivity contribution < 1.29 is 0 Å². The first-order valence-electron chi connectivity index (χ1n) is 6.77. The molecule has 0 amide bonds. The summed E-state index contributed by atoms with van der Waals surface area (Å²) >= 11 is 0. The van der Waals surface area contributed by atoms with Crippen LogP contribution in [-0.2, 0) is 12.8 Å². The number of nitrogens with two attached hydrogens (primary N) is 1. The smallest absolute Gasteiger partial charge is 0.0270 e. The fourth-order valence-electron chi connectivity index (χ4n) is 2.69. The van der Waals surface area contributed by atoms with Crippen LogP contribution < -0.4 is 5.73 Å². The molecule has 0 radical (unpaired) electrons. The molecule has 19 heavy (non-hydrogen) atoms. The summed E-state index contributed by atoms with van der Waals surface area (Å²) < 4.78 is 0. The molecule has 1 aromatic heterocycles. The van der Waals surface area contributed by atoms with Crippen molar-refractivity contribution in [3.8, 4) is 0 Å². The van der Waals surface area contributed by atoms with Crippen LogP contribution in [0.25, 0.3) is 0 Å². The van der Waals surface area contributed by atoms with Gasteiger partial charge in [-0.25, -0.2) is 0 Å².